The minimum absolute atomic E-state index is 0.435. The molecule has 0 radical (unpaired) electrons. The number of allylic oxidation sites excluding steroid dienone is 1. The maximum Gasteiger partial charge on any atom is -0.00287 e. The van der Waals surface area contributed by atoms with Crippen molar-refractivity contribution in [3.63, 3.8) is 0 Å². The first-order valence-electron chi connectivity index (χ1n) is 2.34. The highest BCUT2D eigenvalue weighted by atomic mass is 13.9. The third-order valence-electron chi connectivity index (χ3n) is 0.882. The standard InChI is InChI=1S/C7H10/c1-5-7(4)6(2)3/h1,6H,4H2,2-3H3. The lowest BCUT2D eigenvalue weighted by Crippen LogP contribution is -1.86. The topological polar surface area (TPSA) is 0 Å². The SMILES string of the molecule is C#CC(=C)C(C)C. The molecule has 0 aromatic rings. The lowest BCUT2D eigenvalue weighted by atomic mass is 10.1. The Bertz CT molecular complexity index is 102. The van der Waals surface area contributed by atoms with Crippen molar-refractivity contribution in [1.29, 1.82) is 0 Å². The summed E-state index contributed by atoms with van der Waals surface area (Å²) in [6.07, 6.45) is 5.02. The zero-order valence-electron chi connectivity index (χ0n) is 4.86. The van der Waals surface area contributed by atoms with E-state index in [2.05, 4.69) is 12.5 Å². The maximum atomic E-state index is 5.02. The van der Waals surface area contributed by atoms with Gasteiger partial charge in [0, 0.05) is 0 Å². The van der Waals surface area contributed by atoms with Crippen LogP contribution in [0.5, 0.6) is 0 Å². The molecule has 0 bridgehead atoms. The quantitative estimate of drug-likeness (QED) is 0.435. The fraction of sp³-hybridized carbons (Fsp3) is 0.429. The van der Waals surface area contributed by atoms with E-state index < -0.39 is 0 Å². The summed E-state index contributed by atoms with van der Waals surface area (Å²) in [6, 6.07) is 0. The van der Waals surface area contributed by atoms with Gasteiger partial charge in [-0.15, -0.1) is 6.42 Å². The van der Waals surface area contributed by atoms with Crippen molar-refractivity contribution in [2.75, 3.05) is 0 Å². The molecule has 0 fully saturated rings. The van der Waals surface area contributed by atoms with Crippen LogP contribution in [0.4, 0.5) is 0 Å². The third-order valence-corrected chi connectivity index (χ3v) is 0.882. The van der Waals surface area contributed by atoms with Gasteiger partial charge >= 0.3 is 0 Å². The van der Waals surface area contributed by atoms with Gasteiger partial charge in [0.25, 0.3) is 0 Å². The average Bonchev–Trinajstić information content (AvgIpc) is 1.65. The Kier molecular flexibility index (Phi) is 2.22. The second kappa shape index (κ2) is 2.47. The fourth-order valence-electron chi connectivity index (χ4n) is 0.167. The lowest BCUT2D eigenvalue weighted by molar-refractivity contribution is 0.802. The molecular weight excluding hydrogens is 84.1 g/mol. The van der Waals surface area contributed by atoms with Gasteiger partial charge in [0.05, 0.1) is 0 Å². The first kappa shape index (κ1) is 6.30. The van der Waals surface area contributed by atoms with Gasteiger partial charge in [-0.05, 0) is 11.5 Å². The predicted octanol–water partition coefficient (Wildman–Crippen LogP) is 1.83. The summed E-state index contributed by atoms with van der Waals surface area (Å²) in [7, 11) is 0. The van der Waals surface area contributed by atoms with E-state index in [1.165, 1.54) is 0 Å². The van der Waals surface area contributed by atoms with Crippen LogP contribution >= 0.6 is 0 Å². The van der Waals surface area contributed by atoms with Crippen LogP contribution in [0.3, 0.4) is 0 Å². The monoisotopic (exact) mass is 94.1 g/mol. The van der Waals surface area contributed by atoms with Gasteiger partial charge in [-0.1, -0.05) is 26.3 Å². The minimum Gasteiger partial charge on any atom is -0.115 e. The van der Waals surface area contributed by atoms with Crippen LogP contribution in [0.1, 0.15) is 13.8 Å². The van der Waals surface area contributed by atoms with E-state index in [-0.39, 0.29) is 0 Å². The molecule has 0 N–H and O–H groups in total. The van der Waals surface area contributed by atoms with Gasteiger partial charge < -0.3 is 0 Å². The smallest absolute Gasteiger partial charge is 0.00287 e. The molecule has 0 saturated carbocycles. The third kappa shape index (κ3) is 2.05. The van der Waals surface area contributed by atoms with Gasteiger partial charge in [-0.25, -0.2) is 0 Å². The molecule has 0 spiro atoms. The Labute approximate surface area is 45.2 Å². The molecule has 0 nitrogen and oxygen atoms in total. The first-order chi connectivity index (χ1) is 3.18. The number of rotatable bonds is 1. The molecule has 0 heterocycles. The molecule has 0 amide bonds. The Morgan fingerprint density at radius 3 is 2.14 bits per heavy atom. The molecular formula is C7H10. The summed E-state index contributed by atoms with van der Waals surface area (Å²) in [5, 5.41) is 0. The molecule has 38 valence electrons. The Hall–Kier alpha value is -0.700. The zero-order chi connectivity index (χ0) is 5.86. The van der Waals surface area contributed by atoms with Gasteiger partial charge in [0.2, 0.25) is 0 Å². The zero-order valence-corrected chi connectivity index (χ0v) is 4.86. The molecule has 0 heteroatoms. The van der Waals surface area contributed by atoms with Crippen molar-refractivity contribution in [3.8, 4) is 12.3 Å². The van der Waals surface area contributed by atoms with E-state index in [1.54, 1.807) is 0 Å². The summed E-state index contributed by atoms with van der Waals surface area (Å²) < 4.78 is 0. The summed E-state index contributed by atoms with van der Waals surface area (Å²) in [6.45, 7) is 7.70. The Balaban J connectivity index is 3.64. The molecule has 0 aromatic heterocycles. The molecule has 0 aliphatic heterocycles. The van der Waals surface area contributed by atoms with E-state index in [0.29, 0.717) is 5.92 Å². The molecule has 0 unspecified atom stereocenters. The van der Waals surface area contributed by atoms with E-state index in [0.717, 1.165) is 5.57 Å². The van der Waals surface area contributed by atoms with Crippen LogP contribution in [-0.2, 0) is 0 Å². The Morgan fingerprint density at radius 1 is 1.71 bits per heavy atom. The van der Waals surface area contributed by atoms with Crippen molar-refractivity contribution in [2.24, 2.45) is 5.92 Å². The molecule has 0 saturated heterocycles. The molecule has 7 heavy (non-hydrogen) atoms. The lowest BCUT2D eigenvalue weighted by Gasteiger charge is -1.96. The molecule has 0 rings (SSSR count). The number of hydrogen-bond donors (Lipinski definition) is 0. The van der Waals surface area contributed by atoms with Crippen molar-refractivity contribution >= 4 is 0 Å². The van der Waals surface area contributed by atoms with Crippen LogP contribution < -0.4 is 0 Å². The number of terminal acetylenes is 1. The molecule has 0 aliphatic rings. The number of hydrogen-bond acceptors (Lipinski definition) is 0. The fourth-order valence-corrected chi connectivity index (χ4v) is 0.167. The van der Waals surface area contributed by atoms with Gasteiger partial charge in [-0.3, -0.25) is 0 Å². The Morgan fingerprint density at radius 2 is 2.14 bits per heavy atom. The van der Waals surface area contributed by atoms with Crippen molar-refractivity contribution in [1.82, 2.24) is 0 Å². The van der Waals surface area contributed by atoms with Crippen molar-refractivity contribution in [2.45, 2.75) is 13.8 Å². The van der Waals surface area contributed by atoms with E-state index in [9.17, 15) is 0 Å². The summed E-state index contributed by atoms with van der Waals surface area (Å²) in [4.78, 5) is 0. The van der Waals surface area contributed by atoms with Crippen LogP contribution in [0.2, 0.25) is 0 Å². The van der Waals surface area contributed by atoms with Crippen molar-refractivity contribution < 1.29 is 0 Å². The van der Waals surface area contributed by atoms with Crippen LogP contribution in [0.15, 0.2) is 12.2 Å². The second-order valence-electron chi connectivity index (χ2n) is 1.82. The van der Waals surface area contributed by atoms with Crippen LogP contribution in [0, 0.1) is 18.3 Å². The molecule has 0 atom stereocenters. The van der Waals surface area contributed by atoms with Crippen molar-refractivity contribution in [3.05, 3.63) is 12.2 Å². The summed E-state index contributed by atoms with van der Waals surface area (Å²) in [5.41, 5.74) is 0.875. The average molecular weight is 94.2 g/mol. The van der Waals surface area contributed by atoms with Crippen LogP contribution in [-0.4, -0.2) is 0 Å². The highest BCUT2D eigenvalue weighted by Gasteiger charge is 1.91. The predicted molar refractivity (Wildman–Crippen MR) is 32.8 cm³/mol. The highest BCUT2D eigenvalue weighted by Crippen LogP contribution is 2.02. The highest BCUT2D eigenvalue weighted by molar-refractivity contribution is 5.22. The molecule has 0 aromatic carbocycles. The van der Waals surface area contributed by atoms with E-state index in [4.69, 9.17) is 6.42 Å². The summed E-state index contributed by atoms with van der Waals surface area (Å²) >= 11 is 0. The van der Waals surface area contributed by atoms with Gasteiger partial charge in [0.1, 0.15) is 0 Å². The van der Waals surface area contributed by atoms with E-state index >= 15 is 0 Å². The van der Waals surface area contributed by atoms with Gasteiger partial charge in [0.15, 0.2) is 0 Å². The van der Waals surface area contributed by atoms with Crippen LogP contribution in [0.25, 0.3) is 0 Å². The maximum absolute atomic E-state index is 5.02. The van der Waals surface area contributed by atoms with E-state index in [1.807, 2.05) is 13.8 Å². The summed E-state index contributed by atoms with van der Waals surface area (Å²) in [5.74, 6) is 2.91. The normalized spacial score (nSPS) is 8.29. The van der Waals surface area contributed by atoms with Gasteiger partial charge in [-0.2, -0.15) is 0 Å². The molecule has 0 aliphatic carbocycles. The minimum atomic E-state index is 0.435. The first-order valence-corrected chi connectivity index (χ1v) is 2.34. The second-order valence-corrected chi connectivity index (χ2v) is 1.82. The largest absolute Gasteiger partial charge is 0.115 e.